The molecule has 0 saturated carbocycles. The van der Waals surface area contributed by atoms with Crippen LogP contribution >= 0.6 is 0 Å². The summed E-state index contributed by atoms with van der Waals surface area (Å²) in [5.41, 5.74) is 4.61. The monoisotopic (exact) mass is 362 g/mol. The Balaban J connectivity index is 1.99. The molecule has 0 aliphatic carbocycles. The maximum Gasteiger partial charge on any atom is 0.157 e. The van der Waals surface area contributed by atoms with Gasteiger partial charge in [0, 0.05) is 0 Å². The van der Waals surface area contributed by atoms with Crippen LogP contribution in [-0.2, 0) is 5.54 Å². The van der Waals surface area contributed by atoms with Crippen LogP contribution in [0.1, 0.15) is 22.3 Å². The average molecular weight is 362 g/mol. The summed E-state index contributed by atoms with van der Waals surface area (Å²) < 4.78 is 0. The third-order valence-electron chi connectivity index (χ3n) is 4.92. The van der Waals surface area contributed by atoms with Gasteiger partial charge in [-0.05, 0) is 35.7 Å². The lowest BCUT2D eigenvalue weighted by Crippen LogP contribution is -2.26. The fourth-order valence-corrected chi connectivity index (χ4v) is 3.45. The van der Waals surface area contributed by atoms with E-state index in [1.54, 1.807) is 0 Å². The quantitative estimate of drug-likeness (QED) is 0.268. The van der Waals surface area contributed by atoms with Crippen molar-refractivity contribution in [1.82, 2.24) is 0 Å². The first-order chi connectivity index (χ1) is 13.8. The van der Waals surface area contributed by atoms with Crippen LogP contribution in [0.3, 0.4) is 0 Å². The summed E-state index contributed by atoms with van der Waals surface area (Å²) in [5, 5.41) is 9.65. The van der Waals surface area contributed by atoms with Gasteiger partial charge in [-0.2, -0.15) is 10.2 Å². The number of aryl methyl sites for hydroxylation is 1. The van der Waals surface area contributed by atoms with Crippen molar-refractivity contribution in [2.45, 2.75) is 12.5 Å². The molecule has 0 unspecified atom stereocenters. The molecule has 0 bridgehead atoms. The van der Waals surface area contributed by atoms with Gasteiger partial charge in [0.25, 0.3) is 0 Å². The SMILES string of the molecule is Cc1ccc(C(N=Nc2ccccc2)(c2ccccc2)c2ccccc2)cc1. The van der Waals surface area contributed by atoms with Gasteiger partial charge in [0.1, 0.15) is 0 Å². The van der Waals surface area contributed by atoms with Crippen molar-refractivity contribution in [3.8, 4) is 0 Å². The highest BCUT2D eigenvalue weighted by molar-refractivity contribution is 5.50. The number of rotatable bonds is 5. The van der Waals surface area contributed by atoms with Crippen molar-refractivity contribution in [3.63, 3.8) is 0 Å². The number of benzene rings is 4. The van der Waals surface area contributed by atoms with Crippen LogP contribution in [0.2, 0.25) is 0 Å². The highest BCUT2D eigenvalue weighted by Gasteiger charge is 2.36. The van der Waals surface area contributed by atoms with E-state index in [1.807, 2.05) is 42.5 Å². The molecular formula is C26H22N2. The van der Waals surface area contributed by atoms with Crippen molar-refractivity contribution < 1.29 is 0 Å². The Hall–Kier alpha value is -3.52. The fraction of sp³-hybridized carbons (Fsp3) is 0.0769. The van der Waals surface area contributed by atoms with Gasteiger partial charge >= 0.3 is 0 Å². The third kappa shape index (κ3) is 3.49. The molecule has 2 heteroatoms. The molecule has 28 heavy (non-hydrogen) atoms. The molecule has 0 fully saturated rings. The van der Waals surface area contributed by atoms with Crippen LogP contribution in [0.4, 0.5) is 5.69 Å². The van der Waals surface area contributed by atoms with Gasteiger partial charge in [-0.15, -0.1) is 0 Å². The lowest BCUT2D eigenvalue weighted by atomic mass is 9.77. The fourth-order valence-electron chi connectivity index (χ4n) is 3.45. The van der Waals surface area contributed by atoms with Gasteiger partial charge < -0.3 is 0 Å². The zero-order valence-electron chi connectivity index (χ0n) is 15.9. The highest BCUT2D eigenvalue weighted by atomic mass is 15.2. The Kier molecular flexibility index (Phi) is 5.11. The predicted molar refractivity (Wildman–Crippen MR) is 115 cm³/mol. The molecule has 0 heterocycles. The predicted octanol–water partition coefficient (Wildman–Crippen LogP) is 7.07. The van der Waals surface area contributed by atoms with Crippen molar-refractivity contribution in [2.75, 3.05) is 0 Å². The first-order valence-corrected chi connectivity index (χ1v) is 9.45. The molecule has 4 aromatic carbocycles. The average Bonchev–Trinajstić information content (AvgIpc) is 2.77. The topological polar surface area (TPSA) is 24.7 Å². The summed E-state index contributed by atoms with van der Waals surface area (Å²) in [6.07, 6.45) is 0. The van der Waals surface area contributed by atoms with Gasteiger partial charge in [0.2, 0.25) is 0 Å². The smallest absolute Gasteiger partial charge is 0.157 e. The number of nitrogens with zero attached hydrogens (tertiary/aromatic N) is 2. The molecule has 0 saturated heterocycles. The van der Waals surface area contributed by atoms with E-state index in [2.05, 4.69) is 84.8 Å². The summed E-state index contributed by atoms with van der Waals surface area (Å²) in [5.74, 6) is 0. The Bertz CT molecular complexity index is 998. The van der Waals surface area contributed by atoms with Crippen LogP contribution < -0.4 is 0 Å². The maximum absolute atomic E-state index is 4.99. The van der Waals surface area contributed by atoms with E-state index in [0.717, 1.165) is 22.4 Å². The van der Waals surface area contributed by atoms with Crippen LogP contribution in [0.5, 0.6) is 0 Å². The minimum absolute atomic E-state index is 0.716. The number of hydrogen-bond donors (Lipinski definition) is 0. The Morgan fingerprint density at radius 2 is 0.929 bits per heavy atom. The summed E-state index contributed by atoms with van der Waals surface area (Å²) >= 11 is 0. The lowest BCUT2D eigenvalue weighted by Gasteiger charge is -2.30. The minimum Gasteiger partial charge on any atom is -0.167 e. The largest absolute Gasteiger partial charge is 0.167 e. The van der Waals surface area contributed by atoms with E-state index in [4.69, 9.17) is 5.11 Å². The Labute approximate surface area is 166 Å². The second kappa shape index (κ2) is 8.01. The molecule has 0 amide bonds. The van der Waals surface area contributed by atoms with Crippen LogP contribution in [0.25, 0.3) is 0 Å². The molecule has 0 aliphatic rings. The van der Waals surface area contributed by atoms with Gasteiger partial charge in [0.15, 0.2) is 5.54 Å². The van der Waals surface area contributed by atoms with Crippen molar-refractivity contribution >= 4 is 5.69 Å². The van der Waals surface area contributed by atoms with Crippen molar-refractivity contribution in [3.05, 3.63) is 138 Å². The summed E-state index contributed by atoms with van der Waals surface area (Å²) in [6.45, 7) is 2.10. The standard InChI is InChI=1S/C26H22N2/c1-21-17-19-24(20-18-21)26(22-11-5-2-6-12-22,23-13-7-3-8-14-23)28-27-25-15-9-4-10-16-25/h2-20H,1H3. The van der Waals surface area contributed by atoms with E-state index in [-0.39, 0.29) is 0 Å². The second-order valence-electron chi connectivity index (χ2n) is 6.84. The molecule has 0 atom stereocenters. The first kappa shape index (κ1) is 17.9. The normalized spacial score (nSPS) is 11.6. The van der Waals surface area contributed by atoms with Crippen molar-refractivity contribution in [1.29, 1.82) is 0 Å². The van der Waals surface area contributed by atoms with Gasteiger partial charge in [-0.1, -0.05) is 109 Å². The van der Waals surface area contributed by atoms with E-state index in [9.17, 15) is 0 Å². The zero-order valence-corrected chi connectivity index (χ0v) is 15.9. The van der Waals surface area contributed by atoms with E-state index >= 15 is 0 Å². The Morgan fingerprint density at radius 3 is 1.43 bits per heavy atom. The molecule has 0 aromatic heterocycles. The molecule has 0 radical (unpaired) electrons. The molecule has 2 nitrogen and oxygen atoms in total. The van der Waals surface area contributed by atoms with E-state index in [1.165, 1.54) is 5.56 Å². The minimum atomic E-state index is -0.716. The first-order valence-electron chi connectivity index (χ1n) is 9.45. The van der Waals surface area contributed by atoms with Gasteiger partial charge in [0.05, 0.1) is 5.69 Å². The number of hydrogen-bond acceptors (Lipinski definition) is 2. The van der Waals surface area contributed by atoms with Crippen LogP contribution in [-0.4, -0.2) is 0 Å². The van der Waals surface area contributed by atoms with Crippen LogP contribution in [0, 0.1) is 6.92 Å². The highest BCUT2D eigenvalue weighted by Crippen LogP contribution is 2.41. The third-order valence-corrected chi connectivity index (χ3v) is 4.92. The summed E-state index contributed by atoms with van der Waals surface area (Å²) in [4.78, 5) is 0. The summed E-state index contributed by atoms with van der Waals surface area (Å²) in [7, 11) is 0. The summed E-state index contributed by atoms with van der Waals surface area (Å²) in [6, 6.07) is 39.2. The molecule has 4 aromatic rings. The molecule has 4 rings (SSSR count). The second-order valence-corrected chi connectivity index (χ2v) is 6.84. The van der Waals surface area contributed by atoms with Crippen molar-refractivity contribution in [2.24, 2.45) is 10.2 Å². The Morgan fingerprint density at radius 1 is 0.500 bits per heavy atom. The molecule has 136 valence electrons. The van der Waals surface area contributed by atoms with E-state index < -0.39 is 5.54 Å². The van der Waals surface area contributed by atoms with Crippen LogP contribution in [0.15, 0.2) is 125 Å². The molecule has 0 aliphatic heterocycles. The molecule has 0 N–H and O–H groups in total. The zero-order chi connectivity index (χ0) is 19.2. The van der Waals surface area contributed by atoms with Gasteiger partial charge in [-0.25, -0.2) is 0 Å². The van der Waals surface area contributed by atoms with Gasteiger partial charge in [-0.3, -0.25) is 0 Å². The lowest BCUT2D eigenvalue weighted by molar-refractivity contribution is 0.618. The number of azo groups is 1. The molecular weight excluding hydrogens is 340 g/mol. The van der Waals surface area contributed by atoms with E-state index in [0.29, 0.717) is 0 Å². The molecule has 0 spiro atoms. The maximum atomic E-state index is 4.99.